The summed E-state index contributed by atoms with van der Waals surface area (Å²) >= 11 is 6.24. The van der Waals surface area contributed by atoms with Crippen molar-refractivity contribution < 1.29 is 22.8 Å². The molecule has 3 N–H and O–H groups in total. The number of hydrogen-bond donors (Lipinski definition) is 3. The van der Waals surface area contributed by atoms with Crippen LogP contribution in [-0.4, -0.2) is 38.4 Å². The molecule has 0 aliphatic carbocycles. The van der Waals surface area contributed by atoms with Crippen LogP contribution in [0.2, 0.25) is 5.02 Å². The average Bonchev–Trinajstić information content (AvgIpc) is 2.67. The molecule has 0 aliphatic rings. The van der Waals surface area contributed by atoms with Crippen molar-refractivity contribution >= 4 is 50.5 Å². The van der Waals surface area contributed by atoms with Crippen molar-refractivity contribution in [2.75, 3.05) is 16.9 Å². The number of amides is 3. The van der Waals surface area contributed by atoms with Gasteiger partial charge >= 0.3 is 0 Å². The third-order valence-electron chi connectivity index (χ3n) is 4.32. The molecule has 0 heterocycles. The molecule has 0 fully saturated rings. The smallest absolute Gasteiger partial charge is 0.255 e. The molecule has 1 atom stereocenters. The maximum absolute atomic E-state index is 12.5. The number of hydrogen-bond acceptors (Lipinski definition) is 5. The van der Waals surface area contributed by atoms with Crippen molar-refractivity contribution in [2.45, 2.75) is 31.7 Å². The molecule has 3 amide bonds. The Bertz CT molecular complexity index is 1120. The first-order chi connectivity index (χ1) is 14.4. The van der Waals surface area contributed by atoms with Gasteiger partial charge in [0, 0.05) is 24.4 Å². The van der Waals surface area contributed by atoms with Crippen molar-refractivity contribution in [2.24, 2.45) is 5.92 Å². The summed E-state index contributed by atoms with van der Waals surface area (Å²) in [4.78, 5) is 36.3. The molecular formula is C21H24ClN3O5S. The van der Waals surface area contributed by atoms with E-state index < -0.39 is 27.7 Å². The standard InChI is InChI=1S/C21H24ClN3O5S/c1-12(2)19(23-13(3)26)21(28)24-15-8-9-18(17(22)11-15)25-20(27)14-6-5-7-16(10-14)31(4,29)30/h5-12,19H,1-4H3,(H,23,26)(H,24,28)(H,25,27). The van der Waals surface area contributed by atoms with Gasteiger partial charge < -0.3 is 16.0 Å². The van der Waals surface area contributed by atoms with E-state index in [1.54, 1.807) is 6.07 Å². The summed E-state index contributed by atoms with van der Waals surface area (Å²) in [7, 11) is -3.45. The first-order valence-corrected chi connectivity index (χ1v) is 11.6. The Morgan fingerprint density at radius 2 is 1.68 bits per heavy atom. The van der Waals surface area contributed by atoms with Gasteiger partial charge in [-0.25, -0.2) is 8.42 Å². The van der Waals surface area contributed by atoms with Gasteiger partial charge in [-0.15, -0.1) is 0 Å². The highest BCUT2D eigenvalue weighted by atomic mass is 35.5. The van der Waals surface area contributed by atoms with Crippen LogP contribution < -0.4 is 16.0 Å². The lowest BCUT2D eigenvalue weighted by Crippen LogP contribution is -2.46. The Morgan fingerprint density at radius 1 is 1.00 bits per heavy atom. The lowest BCUT2D eigenvalue weighted by Gasteiger charge is -2.21. The Balaban J connectivity index is 2.15. The largest absolute Gasteiger partial charge is 0.344 e. The highest BCUT2D eigenvalue weighted by Crippen LogP contribution is 2.26. The van der Waals surface area contributed by atoms with Gasteiger partial charge in [-0.3, -0.25) is 14.4 Å². The number of carbonyl (C=O) groups is 3. The highest BCUT2D eigenvalue weighted by Gasteiger charge is 2.23. The van der Waals surface area contributed by atoms with Gasteiger partial charge in [0.15, 0.2) is 9.84 Å². The van der Waals surface area contributed by atoms with Crippen LogP contribution in [0.15, 0.2) is 47.4 Å². The Labute approximate surface area is 186 Å². The molecule has 31 heavy (non-hydrogen) atoms. The van der Waals surface area contributed by atoms with E-state index in [9.17, 15) is 22.8 Å². The number of nitrogens with one attached hydrogen (secondary N) is 3. The summed E-state index contributed by atoms with van der Waals surface area (Å²) in [6.45, 7) is 4.96. The molecule has 0 saturated carbocycles. The summed E-state index contributed by atoms with van der Waals surface area (Å²) in [6.07, 6.45) is 1.06. The zero-order valence-corrected chi connectivity index (χ0v) is 19.1. The monoisotopic (exact) mass is 465 g/mol. The fourth-order valence-electron chi connectivity index (χ4n) is 2.73. The van der Waals surface area contributed by atoms with Crippen LogP contribution >= 0.6 is 11.6 Å². The van der Waals surface area contributed by atoms with Gasteiger partial charge in [0.2, 0.25) is 11.8 Å². The van der Waals surface area contributed by atoms with E-state index in [-0.39, 0.29) is 33.0 Å². The van der Waals surface area contributed by atoms with E-state index in [1.807, 2.05) is 13.8 Å². The molecule has 8 nitrogen and oxygen atoms in total. The Kier molecular flexibility index (Phi) is 7.80. The van der Waals surface area contributed by atoms with Crippen LogP contribution in [0, 0.1) is 5.92 Å². The van der Waals surface area contributed by atoms with Crippen LogP contribution in [0.1, 0.15) is 31.1 Å². The zero-order valence-electron chi connectivity index (χ0n) is 17.5. The predicted molar refractivity (Wildman–Crippen MR) is 120 cm³/mol. The molecule has 0 spiro atoms. The predicted octanol–water partition coefficient (Wildman–Crippen LogP) is 3.10. The SMILES string of the molecule is CC(=O)NC(C(=O)Nc1ccc(NC(=O)c2cccc(S(C)(=O)=O)c2)c(Cl)c1)C(C)C. The molecular weight excluding hydrogens is 442 g/mol. The first kappa shape index (κ1) is 24.4. The van der Waals surface area contributed by atoms with Crippen LogP contribution in [0.3, 0.4) is 0 Å². The van der Waals surface area contributed by atoms with Gasteiger partial charge in [0.1, 0.15) is 6.04 Å². The van der Waals surface area contributed by atoms with Gasteiger partial charge in [-0.05, 0) is 42.3 Å². The van der Waals surface area contributed by atoms with Crippen molar-refractivity contribution in [3.63, 3.8) is 0 Å². The minimum Gasteiger partial charge on any atom is -0.344 e. The number of carbonyl (C=O) groups excluding carboxylic acids is 3. The second-order valence-corrected chi connectivity index (χ2v) is 9.78. The minimum atomic E-state index is -3.45. The molecule has 0 radical (unpaired) electrons. The normalized spacial score (nSPS) is 12.2. The highest BCUT2D eigenvalue weighted by molar-refractivity contribution is 7.90. The van der Waals surface area contributed by atoms with E-state index in [4.69, 9.17) is 11.6 Å². The molecule has 0 aliphatic heterocycles. The molecule has 2 aromatic rings. The van der Waals surface area contributed by atoms with Crippen molar-refractivity contribution in [1.82, 2.24) is 5.32 Å². The maximum Gasteiger partial charge on any atom is 0.255 e. The van der Waals surface area contributed by atoms with Gasteiger partial charge in [0.05, 0.1) is 15.6 Å². The molecule has 0 aromatic heterocycles. The maximum atomic E-state index is 12.5. The molecule has 10 heteroatoms. The second kappa shape index (κ2) is 9.93. The summed E-state index contributed by atoms with van der Waals surface area (Å²) in [5, 5.41) is 8.08. The van der Waals surface area contributed by atoms with E-state index in [1.165, 1.54) is 43.3 Å². The van der Waals surface area contributed by atoms with Gasteiger partial charge in [-0.1, -0.05) is 31.5 Å². The number of anilines is 2. The van der Waals surface area contributed by atoms with Crippen molar-refractivity contribution in [3.05, 3.63) is 53.1 Å². The molecule has 2 rings (SSSR count). The van der Waals surface area contributed by atoms with Crippen LogP contribution in [0.5, 0.6) is 0 Å². The topological polar surface area (TPSA) is 121 Å². The van der Waals surface area contributed by atoms with Crippen LogP contribution in [-0.2, 0) is 19.4 Å². The zero-order chi connectivity index (χ0) is 23.3. The molecule has 1 unspecified atom stereocenters. The number of rotatable bonds is 7. The van der Waals surface area contributed by atoms with Crippen molar-refractivity contribution in [3.8, 4) is 0 Å². The minimum absolute atomic E-state index is 0.0307. The lowest BCUT2D eigenvalue weighted by atomic mass is 10.0. The summed E-state index contributed by atoms with van der Waals surface area (Å²) in [5.74, 6) is -1.36. The Hall–Kier alpha value is -2.91. The van der Waals surface area contributed by atoms with Crippen LogP contribution in [0.4, 0.5) is 11.4 Å². The summed E-state index contributed by atoms with van der Waals surface area (Å²) in [5.41, 5.74) is 0.839. The lowest BCUT2D eigenvalue weighted by molar-refractivity contribution is -0.126. The number of halogens is 1. The Morgan fingerprint density at radius 3 is 2.23 bits per heavy atom. The first-order valence-electron chi connectivity index (χ1n) is 9.37. The van der Waals surface area contributed by atoms with E-state index in [0.717, 1.165) is 6.26 Å². The average molecular weight is 466 g/mol. The third kappa shape index (κ3) is 6.80. The van der Waals surface area contributed by atoms with Crippen molar-refractivity contribution in [1.29, 1.82) is 0 Å². The summed E-state index contributed by atoms with van der Waals surface area (Å²) in [6, 6.07) is 9.47. The van der Waals surface area contributed by atoms with Gasteiger partial charge in [-0.2, -0.15) is 0 Å². The fourth-order valence-corrected chi connectivity index (χ4v) is 3.63. The quantitative estimate of drug-likeness (QED) is 0.580. The van der Waals surface area contributed by atoms with Gasteiger partial charge in [0.25, 0.3) is 5.91 Å². The fraction of sp³-hybridized carbons (Fsp3) is 0.286. The summed E-state index contributed by atoms with van der Waals surface area (Å²) < 4.78 is 23.4. The van der Waals surface area contributed by atoms with Crippen LogP contribution in [0.25, 0.3) is 0 Å². The molecule has 0 bridgehead atoms. The molecule has 0 saturated heterocycles. The van der Waals surface area contributed by atoms with E-state index in [2.05, 4.69) is 16.0 Å². The number of sulfone groups is 1. The third-order valence-corrected chi connectivity index (χ3v) is 5.74. The molecule has 2 aromatic carbocycles. The molecule has 166 valence electrons. The van der Waals surface area contributed by atoms with E-state index in [0.29, 0.717) is 5.69 Å². The second-order valence-electron chi connectivity index (χ2n) is 7.36. The number of benzene rings is 2. The van der Waals surface area contributed by atoms with E-state index >= 15 is 0 Å².